The van der Waals surface area contributed by atoms with Gasteiger partial charge in [-0.2, -0.15) is 20.4 Å². The van der Waals surface area contributed by atoms with Crippen LogP contribution in [0.15, 0.2) is 74.7 Å². The number of carbonyl (C=O) groups is 1. The molecule has 90 heavy (non-hydrogen) atoms. The second-order valence-corrected chi connectivity index (χ2v) is 28.4. The van der Waals surface area contributed by atoms with Crippen molar-refractivity contribution < 1.29 is 85.5 Å². The van der Waals surface area contributed by atoms with Crippen LogP contribution in [0.5, 0.6) is 23.5 Å². The van der Waals surface area contributed by atoms with Crippen molar-refractivity contribution in [1.82, 2.24) is 60.2 Å². The van der Waals surface area contributed by atoms with Crippen molar-refractivity contribution in [2.45, 2.75) is 150 Å². The minimum Gasteiger partial charge on any atom is -1.00 e. The molecule has 7 aromatic rings. The molecule has 0 radical (unpaired) electrons. The Balaban J connectivity index is 0.000000206. The molecule has 9 heterocycles. The Morgan fingerprint density at radius 1 is 0.622 bits per heavy atom. The number of halogens is 3. The third-order valence-electron chi connectivity index (χ3n) is 15.1. The standard InChI is InChI=1S/C19H22N4O4S.C12H15N.C6H7ClN2O3S.C6H9N3O3S.C6H8N2O.C3H6Br2.C3H4N2O.H3N.Na.H2O.H/c24-19(22-28(25,26)16-11-20-23-8-3-9-27-18(16)23)21-17-14-6-1-4-12(14)10-13-5-2-7-15(13)17;13-12-10-5-1-3-8(10)7-9-4-2-6-11(9)12;2*7-13(10,11)5-4-8-9-2-1-3-12-6(5)9;1-4-8-6(9-5-1)2-3-7-8;4-2-1-3-5;6-3-1-2-4-5-3;;;;/h10-11H,1-9H2,(H2,21,22,24);7H,1-6,13H2;4H,1-3H2;4H,1-3H2,(H2,7,10,11);2-3H,1,4-5H2;1-3H2;1-2H,(H2,4,5,6);1H3;;1H2;/q;;;;;;;;+1;;-1. The molecule has 0 unspecified atom stereocenters. The number of aromatic amines is 2. The number of sulfonamides is 2. The van der Waals surface area contributed by atoms with E-state index < -0.39 is 35.1 Å². The van der Waals surface area contributed by atoms with E-state index in [1.54, 1.807) is 12.4 Å². The van der Waals surface area contributed by atoms with Gasteiger partial charge in [0.15, 0.2) is 14.7 Å². The molecule has 0 bridgehead atoms. The van der Waals surface area contributed by atoms with Crippen molar-refractivity contribution in [3.63, 3.8) is 0 Å². The Morgan fingerprint density at radius 3 is 1.48 bits per heavy atom. The first-order valence-electron chi connectivity index (χ1n) is 28.8. The van der Waals surface area contributed by atoms with E-state index in [9.17, 15) is 34.8 Å². The van der Waals surface area contributed by atoms with Crippen molar-refractivity contribution in [1.29, 1.82) is 0 Å². The van der Waals surface area contributed by atoms with Gasteiger partial charge in [0.25, 0.3) is 24.6 Å². The van der Waals surface area contributed by atoms with Gasteiger partial charge >= 0.3 is 35.6 Å². The van der Waals surface area contributed by atoms with Crippen LogP contribution in [0.2, 0.25) is 0 Å². The summed E-state index contributed by atoms with van der Waals surface area (Å²) in [6, 6.07) is 7.24. The molecular formula is C55H77Br2ClN15NaO13S3. The Hall–Kier alpha value is -5.46. The van der Waals surface area contributed by atoms with Crippen LogP contribution in [0.25, 0.3) is 0 Å². The number of alkyl halides is 2. The number of hydrogen-bond donors (Lipinski definition) is 7. The van der Waals surface area contributed by atoms with Crippen molar-refractivity contribution in [2.24, 2.45) is 5.14 Å². The van der Waals surface area contributed by atoms with Gasteiger partial charge in [-0.05, 0) is 128 Å². The van der Waals surface area contributed by atoms with Crippen molar-refractivity contribution in [3.8, 4) is 23.5 Å². The molecular weight excluding hydrogens is 1390 g/mol. The zero-order chi connectivity index (χ0) is 61.7. The average Bonchev–Trinajstić information content (AvgIpc) is 1.81. The van der Waals surface area contributed by atoms with Crippen LogP contribution >= 0.6 is 42.5 Å². The van der Waals surface area contributed by atoms with E-state index in [1.807, 2.05) is 10.7 Å². The predicted molar refractivity (Wildman–Crippen MR) is 342 cm³/mol. The van der Waals surface area contributed by atoms with Gasteiger partial charge in [-0.15, -0.1) is 0 Å². The van der Waals surface area contributed by atoms with E-state index in [0.29, 0.717) is 39.5 Å². The second kappa shape index (κ2) is 33.9. The molecule has 2 amide bonds. The van der Waals surface area contributed by atoms with Crippen LogP contribution in [0.3, 0.4) is 0 Å². The average molecular weight is 1470 g/mol. The Kier molecular flexibility index (Phi) is 27.7. The molecule has 8 aliphatic rings. The number of ether oxygens (including phenoxy) is 4. The topological polar surface area (TPSA) is 419 Å². The predicted octanol–water partition coefficient (Wildman–Crippen LogP) is 3.29. The number of benzene rings is 2. The van der Waals surface area contributed by atoms with E-state index in [1.165, 1.54) is 117 Å². The first kappa shape index (κ1) is 73.6. The number of nitrogen functional groups attached to an aromatic ring is 1. The van der Waals surface area contributed by atoms with E-state index in [-0.39, 0.29) is 80.5 Å². The van der Waals surface area contributed by atoms with Gasteiger partial charge in [0, 0.05) is 103 Å². The molecule has 0 saturated carbocycles. The molecule has 4 aliphatic carbocycles. The number of rotatable bonds is 7. The Morgan fingerprint density at radius 2 is 1.06 bits per heavy atom. The third kappa shape index (κ3) is 18.6. The molecule has 28 nitrogen and oxygen atoms in total. The molecule has 13 N–H and O–H groups in total. The van der Waals surface area contributed by atoms with Crippen LogP contribution in [-0.2, 0) is 107 Å². The zero-order valence-corrected chi connectivity index (χ0v) is 58.4. The monoisotopic (exact) mass is 1470 g/mol. The molecule has 5 aromatic heterocycles. The molecule has 0 spiro atoms. The summed E-state index contributed by atoms with van der Waals surface area (Å²) < 4.78 is 99.0. The molecule has 35 heteroatoms. The summed E-state index contributed by atoms with van der Waals surface area (Å²) in [6.45, 7) is 5.22. The maximum Gasteiger partial charge on any atom is 1.00 e. The number of amides is 2. The zero-order valence-electron chi connectivity index (χ0n) is 51.0. The summed E-state index contributed by atoms with van der Waals surface area (Å²) in [5, 5.41) is 30.6. The number of hydrogen-bond acceptors (Lipinski definition) is 18. The van der Waals surface area contributed by atoms with E-state index in [4.69, 9.17) is 40.5 Å². The first-order chi connectivity index (χ1) is 41.8. The number of nitrogens with one attached hydrogen (secondary N) is 4. The fraction of sp³-hybridized carbons (Fsp3) is 0.491. The molecule has 4 aliphatic heterocycles. The largest absolute Gasteiger partial charge is 1.00 e. The van der Waals surface area contributed by atoms with Crippen LogP contribution in [0.1, 0.15) is 104 Å². The van der Waals surface area contributed by atoms with Gasteiger partial charge in [-0.3, -0.25) is 9.89 Å². The maximum absolute atomic E-state index is 12.7. The number of aryl methyl sites for hydroxylation is 8. The number of primary sulfonamides is 1. The van der Waals surface area contributed by atoms with Gasteiger partial charge in [0.05, 0.1) is 51.2 Å². The van der Waals surface area contributed by atoms with Gasteiger partial charge in [0.1, 0.15) is 0 Å². The molecule has 0 fully saturated rings. The second-order valence-electron chi connectivity index (χ2n) is 21.1. The number of urea groups is 1. The summed E-state index contributed by atoms with van der Waals surface area (Å²) >= 11 is 6.56. The SMILES string of the molecule is BrCCCBr.N.NS(=O)(=O)c1cnn2c1OCCC2.Nc1c2c(cc3c1CCC3)CCC2.O.O=C(Nc1c2c(cc3c1CCC3)CCC2)NS(=O)(=O)c1cnn2c1OCCC2.O=S(=O)(Cl)c1cnn2c1OCCC2.O=c1cc[nH][nH]1.[H-].[Na+].c1cc2n(n1)CCCO2. The van der Waals surface area contributed by atoms with Gasteiger partial charge < -0.3 is 48.1 Å². The van der Waals surface area contributed by atoms with Gasteiger partial charge in [-0.25, -0.2) is 58.6 Å². The number of nitrogens with two attached hydrogens (primary N) is 2. The summed E-state index contributed by atoms with van der Waals surface area (Å²) in [5.74, 6) is 1.60. The fourth-order valence-corrected chi connectivity index (χ4v) is 14.9. The van der Waals surface area contributed by atoms with Crippen LogP contribution in [0, 0.1) is 0 Å². The Labute approximate surface area is 567 Å². The van der Waals surface area contributed by atoms with Crippen LogP contribution in [0.4, 0.5) is 16.2 Å². The quantitative estimate of drug-likeness (QED) is 0.0521. The normalized spacial score (nSPS) is 15.6. The number of fused-ring (bicyclic) bond motifs is 8. The van der Waals surface area contributed by atoms with Crippen LogP contribution < -0.4 is 81.1 Å². The van der Waals surface area contributed by atoms with E-state index >= 15 is 0 Å². The molecule has 15 rings (SSSR count). The Bertz CT molecular complexity index is 3770. The number of carbonyl (C=O) groups excluding carboxylic acids is 1. The summed E-state index contributed by atoms with van der Waals surface area (Å²) in [7, 11) is -6.35. The van der Waals surface area contributed by atoms with Crippen molar-refractivity contribution >= 4 is 89.0 Å². The van der Waals surface area contributed by atoms with Gasteiger partial charge in [-0.1, -0.05) is 44.0 Å². The molecule has 0 atom stereocenters. The summed E-state index contributed by atoms with van der Waals surface area (Å²) in [4.78, 5) is 22.4. The molecule has 2 aromatic carbocycles. The minimum atomic E-state index is -4.08. The van der Waals surface area contributed by atoms with E-state index in [0.717, 1.165) is 116 Å². The smallest absolute Gasteiger partial charge is 1.00 e. The fourth-order valence-electron chi connectivity index (χ4n) is 11.2. The minimum absolute atomic E-state index is 0. The number of H-pyrrole nitrogens is 2. The number of nitrogens with zero attached hydrogens (tertiary/aromatic N) is 8. The van der Waals surface area contributed by atoms with Crippen LogP contribution in [-0.4, -0.2) is 123 Å². The first-order valence-corrected chi connectivity index (χ1v) is 36.4. The van der Waals surface area contributed by atoms with E-state index in [2.05, 4.69) is 84.6 Å². The van der Waals surface area contributed by atoms with Crippen molar-refractivity contribution in [3.05, 3.63) is 110 Å². The summed E-state index contributed by atoms with van der Waals surface area (Å²) in [6.07, 6.45) is 25.2. The molecule has 490 valence electrons. The number of anilines is 2. The maximum atomic E-state index is 12.7. The third-order valence-corrected chi connectivity index (χ3v) is 19.7. The summed E-state index contributed by atoms with van der Waals surface area (Å²) in [5.41, 5.74) is 18.9. The van der Waals surface area contributed by atoms with Crippen molar-refractivity contribution in [2.75, 3.05) is 48.1 Å². The number of aromatic nitrogens is 10. The van der Waals surface area contributed by atoms with Gasteiger partial charge in [0.2, 0.25) is 33.5 Å². The molecule has 0 saturated heterocycles.